The van der Waals surface area contributed by atoms with Crippen LogP contribution in [0.4, 0.5) is 19.0 Å². The van der Waals surface area contributed by atoms with Gasteiger partial charge in [0.05, 0.1) is 0 Å². The molecular formula is C10H14F3N3O2S. The van der Waals surface area contributed by atoms with Crippen molar-refractivity contribution in [2.45, 2.75) is 31.0 Å². The third kappa shape index (κ3) is 3.80. The normalized spacial score (nSPS) is 13.2. The number of nitrogens with two attached hydrogens (primary N) is 1. The minimum absolute atomic E-state index is 0.324. The summed E-state index contributed by atoms with van der Waals surface area (Å²) in [4.78, 5) is 3.15. The van der Waals surface area contributed by atoms with Crippen molar-refractivity contribution in [3.8, 4) is 0 Å². The van der Waals surface area contributed by atoms with Gasteiger partial charge in [-0.3, -0.25) is 0 Å². The molecule has 0 saturated carbocycles. The molecule has 2 N–H and O–H groups in total. The zero-order valence-corrected chi connectivity index (χ0v) is 11.2. The van der Waals surface area contributed by atoms with Gasteiger partial charge in [-0.05, 0) is 26.0 Å². The average Bonchev–Trinajstić information content (AvgIpc) is 2.24. The third-order valence-corrected chi connectivity index (χ3v) is 4.37. The van der Waals surface area contributed by atoms with Crippen molar-refractivity contribution >= 4 is 15.8 Å². The topological polar surface area (TPSA) is 76.3 Å². The van der Waals surface area contributed by atoms with E-state index in [1.807, 2.05) is 0 Å². The zero-order valence-electron chi connectivity index (χ0n) is 10.3. The summed E-state index contributed by atoms with van der Waals surface area (Å²) >= 11 is 0. The van der Waals surface area contributed by atoms with Gasteiger partial charge >= 0.3 is 6.18 Å². The zero-order chi connectivity index (χ0) is 14.8. The molecule has 0 spiro atoms. The molecule has 0 fully saturated rings. The van der Waals surface area contributed by atoms with Crippen LogP contribution >= 0.6 is 0 Å². The molecule has 1 aromatic heterocycles. The number of nitrogen functional groups attached to an aromatic ring is 1. The highest BCUT2D eigenvalue weighted by molar-refractivity contribution is 7.89. The van der Waals surface area contributed by atoms with Gasteiger partial charge in [0.15, 0.2) is 0 Å². The molecule has 1 heterocycles. The molecule has 0 atom stereocenters. The van der Waals surface area contributed by atoms with Crippen LogP contribution in [0, 0.1) is 0 Å². The van der Waals surface area contributed by atoms with Gasteiger partial charge < -0.3 is 5.73 Å². The summed E-state index contributed by atoms with van der Waals surface area (Å²) in [7, 11) is -4.34. The predicted octanol–water partition coefficient (Wildman–Crippen LogP) is 1.63. The molecule has 19 heavy (non-hydrogen) atoms. The number of anilines is 1. The van der Waals surface area contributed by atoms with Crippen LogP contribution in [0.2, 0.25) is 0 Å². The van der Waals surface area contributed by atoms with Gasteiger partial charge in [0.2, 0.25) is 10.0 Å². The molecule has 5 nitrogen and oxygen atoms in total. The molecule has 0 aromatic carbocycles. The molecule has 1 rings (SSSR count). The lowest BCUT2D eigenvalue weighted by Crippen LogP contribution is -2.43. The summed E-state index contributed by atoms with van der Waals surface area (Å²) < 4.78 is 62.1. The maximum absolute atomic E-state index is 12.5. The standard InChI is InChI=1S/C10H14F3N3O2S/c1-7(2)16(6-10(11,12)13)19(17,18)8-4-3-5-15-9(8)14/h3-5,7H,6H2,1-2H3,(H2,14,15). The first-order valence-electron chi connectivity index (χ1n) is 5.35. The van der Waals surface area contributed by atoms with Crippen LogP contribution in [0.1, 0.15) is 13.8 Å². The minimum atomic E-state index is -4.63. The molecule has 108 valence electrons. The summed E-state index contributed by atoms with van der Waals surface area (Å²) in [5, 5.41) is 0. The first-order valence-corrected chi connectivity index (χ1v) is 6.79. The van der Waals surface area contributed by atoms with Gasteiger partial charge in [0, 0.05) is 12.2 Å². The third-order valence-electron chi connectivity index (χ3n) is 2.30. The smallest absolute Gasteiger partial charge is 0.383 e. The predicted molar refractivity (Wildman–Crippen MR) is 63.7 cm³/mol. The van der Waals surface area contributed by atoms with Crippen LogP contribution in [0.5, 0.6) is 0 Å². The number of pyridine rings is 1. The Balaban J connectivity index is 3.26. The van der Waals surface area contributed by atoms with E-state index < -0.39 is 33.7 Å². The van der Waals surface area contributed by atoms with E-state index in [0.717, 1.165) is 6.07 Å². The maximum atomic E-state index is 12.5. The first kappa shape index (κ1) is 15.7. The molecule has 0 aliphatic carbocycles. The van der Waals surface area contributed by atoms with Crippen molar-refractivity contribution < 1.29 is 21.6 Å². The van der Waals surface area contributed by atoms with Crippen LogP contribution in [-0.2, 0) is 10.0 Å². The Hall–Kier alpha value is -1.35. The highest BCUT2D eigenvalue weighted by Crippen LogP contribution is 2.26. The van der Waals surface area contributed by atoms with E-state index in [0.29, 0.717) is 4.31 Å². The highest BCUT2D eigenvalue weighted by atomic mass is 32.2. The van der Waals surface area contributed by atoms with Crippen molar-refractivity contribution in [2.24, 2.45) is 0 Å². The molecule has 0 bridgehead atoms. The summed E-state index contributed by atoms with van der Waals surface area (Å²) in [6.45, 7) is 1.15. The quantitative estimate of drug-likeness (QED) is 0.916. The molecule has 0 aliphatic rings. The van der Waals surface area contributed by atoms with Gasteiger partial charge in [0.25, 0.3) is 0 Å². The van der Waals surface area contributed by atoms with Gasteiger partial charge in [0.1, 0.15) is 17.3 Å². The number of halogens is 3. The molecule has 0 radical (unpaired) electrons. The number of sulfonamides is 1. The van der Waals surface area contributed by atoms with E-state index in [4.69, 9.17) is 5.73 Å². The Kier molecular flexibility index (Phi) is 4.41. The number of hydrogen-bond donors (Lipinski definition) is 1. The number of nitrogens with zero attached hydrogens (tertiary/aromatic N) is 2. The van der Waals surface area contributed by atoms with E-state index >= 15 is 0 Å². The second kappa shape index (κ2) is 5.33. The number of aromatic nitrogens is 1. The highest BCUT2D eigenvalue weighted by Gasteiger charge is 2.39. The molecule has 9 heteroatoms. The fraction of sp³-hybridized carbons (Fsp3) is 0.500. The molecule has 0 unspecified atom stereocenters. The van der Waals surface area contributed by atoms with Crippen LogP contribution in [-0.4, -0.2) is 36.5 Å². The fourth-order valence-electron chi connectivity index (χ4n) is 1.47. The van der Waals surface area contributed by atoms with E-state index in [9.17, 15) is 21.6 Å². The SMILES string of the molecule is CC(C)N(CC(F)(F)F)S(=O)(=O)c1cccnc1N. The summed E-state index contributed by atoms with van der Waals surface area (Å²) in [6.07, 6.45) is -3.37. The lowest BCUT2D eigenvalue weighted by Gasteiger charge is -2.27. The largest absolute Gasteiger partial charge is 0.402 e. The van der Waals surface area contributed by atoms with E-state index in [1.54, 1.807) is 0 Å². The summed E-state index contributed by atoms with van der Waals surface area (Å²) in [6, 6.07) is 1.57. The lowest BCUT2D eigenvalue weighted by atomic mass is 10.4. The Morgan fingerprint density at radius 2 is 2.00 bits per heavy atom. The average molecular weight is 297 g/mol. The van der Waals surface area contributed by atoms with Crippen molar-refractivity contribution in [3.63, 3.8) is 0 Å². The monoisotopic (exact) mass is 297 g/mol. The van der Waals surface area contributed by atoms with Crippen LogP contribution in [0.25, 0.3) is 0 Å². The Bertz CT molecular complexity index is 543. The molecule has 0 amide bonds. The van der Waals surface area contributed by atoms with Gasteiger partial charge in [-0.1, -0.05) is 0 Å². The Morgan fingerprint density at radius 3 is 2.42 bits per heavy atom. The van der Waals surface area contributed by atoms with Crippen LogP contribution < -0.4 is 5.73 Å². The van der Waals surface area contributed by atoms with E-state index in [-0.39, 0.29) is 5.82 Å². The second-order valence-corrected chi connectivity index (χ2v) is 6.00. The molecular weight excluding hydrogens is 283 g/mol. The van der Waals surface area contributed by atoms with Gasteiger partial charge in [-0.15, -0.1) is 0 Å². The van der Waals surface area contributed by atoms with Crippen LogP contribution in [0.15, 0.2) is 23.2 Å². The van der Waals surface area contributed by atoms with Crippen molar-refractivity contribution in [3.05, 3.63) is 18.3 Å². The second-order valence-electron chi connectivity index (χ2n) is 4.15. The summed E-state index contributed by atoms with van der Waals surface area (Å²) in [5.41, 5.74) is 5.41. The van der Waals surface area contributed by atoms with E-state index in [1.165, 1.54) is 26.1 Å². The van der Waals surface area contributed by atoms with Crippen molar-refractivity contribution in [1.82, 2.24) is 9.29 Å². The number of hydrogen-bond acceptors (Lipinski definition) is 4. The number of rotatable bonds is 4. The van der Waals surface area contributed by atoms with Crippen molar-refractivity contribution in [2.75, 3.05) is 12.3 Å². The molecule has 0 saturated heterocycles. The summed E-state index contributed by atoms with van der Waals surface area (Å²) in [5.74, 6) is -0.324. The maximum Gasteiger partial charge on any atom is 0.402 e. The Labute approximate surface area is 109 Å². The molecule has 1 aromatic rings. The fourth-order valence-corrected chi connectivity index (χ4v) is 3.16. The van der Waals surface area contributed by atoms with Gasteiger partial charge in [-0.2, -0.15) is 17.5 Å². The van der Waals surface area contributed by atoms with E-state index in [2.05, 4.69) is 4.98 Å². The Morgan fingerprint density at radius 1 is 1.42 bits per heavy atom. The van der Waals surface area contributed by atoms with Crippen LogP contribution in [0.3, 0.4) is 0 Å². The van der Waals surface area contributed by atoms with Gasteiger partial charge in [-0.25, -0.2) is 13.4 Å². The number of alkyl halides is 3. The lowest BCUT2D eigenvalue weighted by molar-refractivity contribution is -0.138. The minimum Gasteiger partial charge on any atom is -0.383 e. The first-order chi connectivity index (χ1) is 8.55. The molecule has 0 aliphatic heterocycles. The van der Waals surface area contributed by atoms with Crippen molar-refractivity contribution in [1.29, 1.82) is 0 Å².